The minimum absolute atomic E-state index is 0.276. The van der Waals surface area contributed by atoms with Gasteiger partial charge in [-0.15, -0.1) is 0 Å². The third-order valence-corrected chi connectivity index (χ3v) is 5.95. The summed E-state index contributed by atoms with van der Waals surface area (Å²) in [5, 5.41) is 3.95. The smallest absolute Gasteiger partial charge is 0.226 e. The van der Waals surface area contributed by atoms with Gasteiger partial charge in [-0.3, -0.25) is 0 Å². The van der Waals surface area contributed by atoms with E-state index in [0.29, 0.717) is 11.7 Å². The molecule has 4 saturated carbocycles. The Morgan fingerprint density at radius 2 is 1.76 bits per heavy atom. The molecular formula is C15H18ClN5. The normalized spacial score (nSPS) is 37.3. The molecule has 110 valence electrons. The maximum Gasteiger partial charge on any atom is 0.226 e. The van der Waals surface area contributed by atoms with Gasteiger partial charge in [0.05, 0.1) is 6.33 Å². The van der Waals surface area contributed by atoms with Crippen molar-refractivity contribution in [2.24, 2.45) is 23.7 Å². The lowest BCUT2D eigenvalue weighted by Crippen LogP contribution is -2.51. The third kappa shape index (κ3) is 1.86. The predicted octanol–water partition coefficient (Wildman–Crippen LogP) is 3.24. The second-order valence-corrected chi connectivity index (χ2v) is 7.38. The molecule has 0 unspecified atom stereocenters. The highest BCUT2D eigenvalue weighted by Crippen LogP contribution is 2.54. The number of hydrogen-bond donors (Lipinski definition) is 2. The summed E-state index contributed by atoms with van der Waals surface area (Å²) < 4.78 is 0. The molecule has 2 aromatic heterocycles. The molecule has 2 N–H and O–H groups in total. The Hall–Kier alpha value is -1.36. The maximum absolute atomic E-state index is 6.04. The lowest BCUT2D eigenvalue weighted by Gasteiger charge is -2.54. The molecule has 2 heterocycles. The number of halogens is 1. The first-order valence-electron chi connectivity index (χ1n) is 7.89. The van der Waals surface area contributed by atoms with E-state index in [0.717, 1.165) is 35.0 Å². The molecule has 2 aromatic rings. The molecular weight excluding hydrogens is 286 g/mol. The fourth-order valence-electron chi connectivity index (χ4n) is 5.23. The quantitative estimate of drug-likeness (QED) is 0.836. The number of nitrogens with one attached hydrogen (secondary N) is 2. The number of aromatic nitrogens is 4. The fraction of sp³-hybridized carbons (Fsp3) is 0.667. The number of hydrogen-bond acceptors (Lipinski definition) is 4. The van der Waals surface area contributed by atoms with Crippen LogP contribution in [0.2, 0.25) is 5.28 Å². The Balaban J connectivity index is 1.50. The molecule has 0 radical (unpaired) electrons. The van der Waals surface area contributed by atoms with E-state index in [4.69, 9.17) is 11.6 Å². The standard InChI is InChI=1S/C15H18ClN5/c16-15-20-13-12(17-6-18-13)14(21-15)19-11-9-2-7-1-8(4-9)5-10(11)3-7/h6-11H,1-5H2,(H2,17,18,19,20,21). The second-order valence-electron chi connectivity index (χ2n) is 7.04. The van der Waals surface area contributed by atoms with Crippen molar-refractivity contribution in [3.8, 4) is 0 Å². The molecule has 4 aliphatic carbocycles. The summed E-state index contributed by atoms with van der Waals surface area (Å²) in [6.45, 7) is 0. The van der Waals surface area contributed by atoms with Crippen LogP contribution in [0, 0.1) is 23.7 Å². The molecule has 0 spiro atoms. The van der Waals surface area contributed by atoms with Gasteiger partial charge in [-0.25, -0.2) is 4.98 Å². The van der Waals surface area contributed by atoms with Crippen molar-refractivity contribution in [2.75, 3.05) is 5.32 Å². The van der Waals surface area contributed by atoms with E-state index >= 15 is 0 Å². The number of nitrogens with zero attached hydrogens (tertiary/aromatic N) is 3. The van der Waals surface area contributed by atoms with Gasteiger partial charge in [-0.1, -0.05) is 0 Å². The van der Waals surface area contributed by atoms with Gasteiger partial charge >= 0.3 is 0 Å². The van der Waals surface area contributed by atoms with Crippen LogP contribution in [0.15, 0.2) is 6.33 Å². The van der Waals surface area contributed by atoms with E-state index < -0.39 is 0 Å². The molecule has 6 heteroatoms. The van der Waals surface area contributed by atoms with E-state index in [-0.39, 0.29) is 5.28 Å². The van der Waals surface area contributed by atoms with Crippen molar-refractivity contribution in [2.45, 2.75) is 38.1 Å². The van der Waals surface area contributed by atoms with Gasteiger partial charge in [-0.2, -0.15) is 9.97 Å². The van der Waals surface area contributed by atoms with E-state index in [1.54, 1.807) is 6.33 Å². The van der Waals surface area contributed by atoms with Gasteiger partial charge < -0.3 is 10.3 Å². The van der Waals surface area contributed by atoms with Gasteiger partial charge in [0.15, 0.2) is 11.5 Å². The van der Waals surface area contributed by atoms with E-state index in [9.17, 15) is 0 Å². The highest BCUT2D eigenvalue weighted by Gasteiger charge is 2.48. The molecule has 5 nitrogen and oxygen atoms in total. The Kier molecular flexibility index (Phi) is 2.51. The van der Waals surface area contributed by atoms with Gasteiger partial charge in [-0.05, 0) is 67.4 Å². The van der Waals surface area contributed by atoms with Crippen LogP contribution in [0.3, 0.4) is 0 Å². The molecule has 6 rings (SSSR count). The van der Waals surface area contributed by atoms with Gasteiger partial charge in [0.1, 0.15) is 5.52 Å². The van der Waals surface area contributed by atoms with Gasteiger partial charge in [0.25, 0.3) is 0 Å². The van der Waals surface area contributed by atoms with Crippen LogP contribution < -0.4 is 5.32 Å². The van der Waals surface area contributed by atoms with Crippen molar-refractivity contribution in [3.63, 3.8) is 0 Å². The fourth-order valence-corrected chi connectivity index (χ4v) is 5.40. The summed E-state index contributed by atoms with van der Waals surface area (Å²) in [5.41, 5.74) is 1.51. The minimum Gasteiger partial charge on any atom is -0.365 e. The number of H-pyrrole nitrogens is 1. The molecule has 0 atom stereocenters. The van der Waals surface area contributed by atoms with Crippen LogP contribution >= 0.6 is 11.6 Å². The molecule has 0 aromatic carbocycles. The molecule has 0 saturated heterocycles. The van der Waals surface area contributed by atoms with Crippen LogP contribution in [-0.4, -0.2) is 26.0 Å². The van der Waals surface area contributed by atoms with Gasteiger partial charge in [0.2, 0.25) is 5.28 Å². The molecule has 4 fully saturated rings. The zero-order valence-corrected chi connectivity index (χ0v) is 12.5. The Morgan fingerprint density at radius 1 is 1.05 bits per heavy atom. The first kappa shape index (κ1) is 12.2. The highest BCUT2D eigenvalue weighted by atomic mass is 35.5. The van der Waals surface area contributed by atoms with Crippen LogP contribution in [0.1, 0.15) is 32.1 Å². The largest absolute Gasteiger partial charge is 0.365 e. The third-order valence-electron chi connectivity index (χ3n) is 5.78. The van der Waals surface area contributed by atoms with Crippen LogP contribution in [0.25, 0.3) is 11.2 Å². The highest BCUT2D eigenvalue weighted by molar-refractivity contribution is 6.28. The molecule has 4 aliphatic rings. The molecule has 21 heavy (non-hydrogen) atoms. The average molecular weight is 304 g/mol. The number of aromatic amines is 1. The molecule has 4 bridgehead atoms. The van der Waals surface area contributed by atoms with Crippen molar-refractivity contribution >= 4 is 28.6 Å². The van der Waals surface area contributed by atoms with Gasteiger partial charge in [0, 0.05) is 6.04 Å². The topological polar surface area (TPSA) is 66.5 Å². The first-order valence-corrected chi connectivity index (χ1v) is 8.27. The second kappa shape index (κ2) is 4.32. The number of anilines is 1. The number of fused-ring (bicyclic) bond motifs is 1. The predicted molar refractivity (Wildman–Crippen MR) is 81.1 cm³/mol. The summed E-state index contributed by atoms with van der Waals surface area (Å²) in [7, 11) is 0. The van der Waals surface area contributed by atoms with Crippen molar-refractivity contribution < 1.29 is 0 Å². The van der Waals surface area contributed by atoms with E-state index in [2.05, 4.69) is 25.3 Å². The first-order chi connectivity index (χ1) is 10.3. The van der Waals surface area contributed by atoms with Crippen LogP contribution in [0.4, 0.5) is 5.82 Å². The molecule has 0 amide bonds. The van der Waals surface area contributed by atoms with Crippen LogP contribution in [0.5, 0.6) is 0 Å². The van der Waals surface area contributed by atoms with E-state index in [1.165, 1.54) is 32.1 Å². The average Bonchev–Trinajstić information content (AvgIpc) is 2.90. The zero-order chi connectivity index (χ0) is 14.0. The number of rotatable bonds is 2. The van der Waals surface area contributed by atoms with Crippen LogP contribution in [-0.2, 0) is 0 Å². The van der Waals surface area contributed by atoms with Crippen molar-refractivity contribution in [3.05, 3.63) is 11.6 Å². The number of imidazole rings is 1. The van der Waals surface area contributed by atoms with Crippen molar-refractivity contribution in [1.82, 2.24) is 19.9 Å². The maximum atomic E-state index is 6.04. The summed E-state index contributed by atoms with van der Waals surface area (Å²) in [6.07, 6.45) is 8.65. The van der Waals surface area contributed by atoms with Crippen molar-refractivity contribution in [1.29, 1.82) is 0 Å². The lowest BCUT2D eigenvalue weighted by atomic mass is 9.54. The zero-order valence-electron chi connectivity index (χ0n) is 11.7. The summed E-state index contributed by atoms with van der Waals surface area (Å²) >= 11 is 6.04. The summed E-state index contributed by atoms with van der Waals surface area (Å²) in [5.74, 6) is 4.34. The Morgan fingerprint density at radius 3 is 2.48 bits per heavy atom. The Bertz CT molecular complexity index is 668. The minimum atomic E-state index is 0.276. The SMILES string of the molecule is Clc1nc(NC2C3CC4CC(C3)CC2C4)c2nc[nH]c2n1. The molecule has 0 aliphatic heterocycles. The monoisotopic (exact) mass is 303 g/mol. The lowest BCUT2D eigenvalue weighted by molar-refractivity contribution is 0.00745. The summed E-state index contributed by atoms with van der Waals surface area (Å²) in [4.78, 5) is 15.9. The Labute approximate surface area is 127 Å². The summed E-state index contributed by atoms with van der Waals surface area (Å²) in [6, 6.07) is 0.531. The van der Waals surface area contributed by atoms with E-state index in [1.807, 2.05) is 0 Å².